The molecule has 0 fully saturated rings. The van der Waals surface area contributed by atoms with Crippen LogP contribution >= 0.6 is 0 Å². The van der Waals surface area contributed by atoms with E-state index in [0.29, 0.717) is 6.67 Å². The van der Waals surface area contributed by atoms with Gasteiger partial charge >= 0.3 is 0 Å². The summed E-state index contributed by atoms with van der Waals surface area (Å²) in [6.45, 7) is 23.7. The van der Waals surface area contributed by atoms with E-state index >= 15 is 0 Å². The summed E-state index contributed by atoms with van der Waals surface area (Å²) >= 11 is 0. The molecule has 11 rings (SSSR count). The number of para-hydroxylation sites is 3. The van der Waals surface area contributed by atoms with Crippen molar-refractivity contribution in [3.05, 3.63) is 240 Å². The van der Waals surface area contributed by atoms with Crippen molar-refractivity contribution < 1.29 is 4.74 Å². The number of pyridine rings is 1. The number of nitrogens with zero attached hydrogens (tertiary/aromatic N) is 4. The van der Waals surface area contributed by atoms with Crippen molar-refractivity contribution >= 4 is 44.6 Å². The molecule has 0 unspecified atom stereocenters. The van der Waals surface area contributed by atoms with Crippen LogP contribution < -0.4 is 14.5 Å². The lowest BCUT2D eigenvalue weighted by Crippen LogP contribution is -2.25. The number of benzene rings is 8. The third-order valence-electron chi connectivity index (χ3n) is 15.4. The summed E-state index contributed by atoms with van der Waals surface area (Å²) in [7, 11) is 0. The maximum absolute atomic E-state index is 6.85. The van der Waals surface area contributed by atoms with E-state index in [1.54, 1.807) is 0 Å². The lowest BCUT2D eigenvalue weighted by atomic mass is 9.72. The number of anilines is 4. The summed E-state index contributed by atoms with van der Waals surface area (Å²) in [4.78, 5) is 9.85. The SMILES string of the molecule is CC(C)(C)c1ccnc(-n2c3ccccc3c3ccc(Oc4cccc(N5CN(c6cc(C(C)(C)C)ccc6-c6cc(C(C)(C)c7ccccc7)cc(C(C)(C)c7ccccc7)c6)c6ccccc65)c4)cc32)c1. The van der Waals surface area contributed by atoms with Gasteiger partial charge in [0.05, 0.1) is 28.1 Å². The van der Waals surface area contributed by atoms with Crippen molar-refractivity contribution in [3.8, 4) is 28.4 Å². The Balaban J connectivity index is 0.993. The Morgan fingerprint density at radius 1 is 0.397 bits per heavy atom. The van der Waals surface area contributed by atoms with E-state index in [0.717, 1.165) is 50.8 Å². The molecule has 0 saturated heterocycles. The van der Waals surface area contributed by atoms with Crippen molar-refractivity contribution in [1.82, 2.24) is 9.55 Å². The summed E-state index contributed by atoms with van der Waals surface area (Å²) in [5, 5.41) is 2.34. The van der Waals surface area contributed by atoms with E-state index in [1.807, 2.05) is 6.20 Å². The van der Waals surface area contributed by atoms with Crippen LogP contribution in [-0.4, -0.2) is 16.2 Å². The van der Waals surface area contributed by atoms with Crippen LogP contribution in [0.25, 0.3) is 38.8 Å². The predicted molar refractivity (Wildman–Crippen MR) is 307 cm³/mol. The molecule has 1 aliphatic rings. The Morgan fingerprint density at radius 3 is 1.63 bits per heavy atom. The molecule has 0 atom stereocenters. The smallest absolute Gasteiger partial charge is 0.137 e. The monoisotopic (exact) mass is 955 g/mol. The number of aromatic nitrogens is 2. The summed E-state index contributed by atoms with van der Waals surface area (Å²) in [6, 6.07) is 73.1. The first kappa shape index (κ1) is 47.4. The highest BCUT2D eigenvalue weighted by molar-refractivity contribution is 6.09. The first-order chi connectivity index (χ1) is 34.9. The van der Waals surface area contributed by atoms with Crippen LogP contribution in [-0.2, 0) is 21.7 Å². The van der Waals surface area contributed by atoms with Gasteiger partial charge in [-0.3, -0.25) is 4.57 Å². The Labute approximate surface area is 432 Å². The topological polar surface area (TPSA) is 33.5 Å². The molecule has 73 heavy (non-hydrogen) atoms. The zero-order chi connectivity index (χ0) is 50.9. The molecule has 0 spiro atoms. The number of rotatable bonds is 10. The molecule has 10 aromatic rings. The lowest BCUT2D eigenvalue weighted by molar-refractivity contribution is 0.483. The van der Waals surface area contributed by atoms with E-state index in [1.165, 1.54) is 55.6 Å². The number of hydrogen-bond donors (Lipinski definition) is 0. The molecule has 8 aromatic carbocycles. The highest BCUT2D eigenvalue weighted by Gasteiger charge is 2.33. The Hall–Kier alpha value is -7.89. The van der Waals surface area contributed by atoms with Crippen molar-refractivity contribution in [2.45, 2.75) is 90.9 Å². The van der Waals surface area contributed by atoms with Crippen LogP contribution in [0.15, 0.2) is 206 Å². The van der Waals surface area contributed by atoms with Crippen molar-refractivity contribution in [3.63, 3.8) is 0 Å². The molecule has 2 aromatic heterocycles. The minimum atomic E-state index is -0.256. The predicted octanol–water partition coefficient (Wildman–Crippen LogP) is 18.1. The molecule has 5 nitrogen and oxygen atoms in total. The van der Waals surface area contributed by atoms with E-state index < -0.39 is 0 Å². The van der Waals surface area contributed by atoms with E-state index in [2.05, 4.69) is 284 Å². The molecule has 1 aliphatic heterocycles. The molecular formula is C68H66N4O. The average Bonchev–Trinajstić information content (AvgIpc) is 3.95. The second-order valence-electron chi connectivity index (χ2n) is 23.0. The molecule has 0 bridgehead atoms. The van der Waals surface area contributed by atoms with Gasteiger partial charge in [-0.1, -0.05) is 197 Å². The van der Waals surface area contributed by atoms with Gasteiger partial charge in [-0.2, -0.15) is 0 Å². The van der Waals surface area contributed by atoms with Crippen LogP contribution in [0.2, 0.25) is 0 Å². The molecule has 0 radical (unpaired) electrons. The highest BCUT2D eigenvalue weighted by Crippen LogP contribution is 2.50. The molecule has 0 N–H and O–H groups in total. The van der Waals surface area contributed by atoms with E-state index in [4.69, 9.17) is 9.72 Å². The zero-order valence-electron chi connectivity index (χ0n) is 44.0. The van der Waals surface area contributed by atoms with E-state index in [-0.39, 0.29) is 21.7 Å². The van der Waals surface area contributed by atoms with Crippen LogP contribution in [0.1, 0.15) is 103 Å². The first-order valence-electron chi connectivity index (χ1n) is 25.8. The highest BCUT2D eigenvalue weighted by atomic mass is 16.5. The maximum Gasteiger partial charge on any atom is 0.137 e. The summed E-state index contributed by atoms with van der Waals surface area (Å²) in [5.74, 6) is 2.43. The van der Waals surface area contributed by atoms with Crippen molar-refractivity contribution in [2.75, 3.05) is 16.5 Å². The largest absolute Gasteiger partial charge is 0.457 e. The van der Waals surface area contributed by atoms with Crippen molar-refractivity contribution in [2.24, 2.45) is 0 Å². The summed E-state index contributed by atoms with van der Waals surface area (Å²) in [5.41, 5.74) is 16.2. The average molecular weight is 955 g/mol. The number of fused-ring (bicyclic) bond motifs is 4. The van der Waals surface area contributed by atoms with E-state index in [9.17, 15) is 0 Å². The standard InChI is InChI=1S/C68H66N4O/c1-65(2,3)49-32-34-56(46-38-51(67(7,8)47-22-13-11-14-23-47)40-52(39-46)68(9,10)48-24-15-12-16-25-48)62(41-49)71-45-70(60-30-19-20-31-61(60)71)53-26-21-27-54(43-53)73-55-33-35-58-57-28-17-18-29-59(57)72(63(58)44-55)64-42-50(36-37-69-64)66(4,5)6/h11-44H,45H2,1-10H3. The minimum Gasteiger partial charge on any atom is -0.457 e. The van der Waals surface area contributed by atoms with Gasteiger partial charge in [0.2, 0.25) is 0 Å². The van der Waals surface area contributed by atoms with Gasteiger partial charge < -0.3 is 14.5 Å². The third-order valence-corrected chi connectivity index (χ3v) is 15.4. The van der Waals surface area contributed by atoms with Gasteiger partial charge in [-0.15, -0.1) is 0 Å². The fourth-order valence-corrected chi connectivity index (χ4v) is 10.8. The fraction of sp³-hybridized carbons (Fsp3) is 0.221. The fourth-order valence-electron chi connectivity index (χ4n) is 10.8. The van der Waals surface area contributed by atoms with Crippen LogP contribution in [0.4, 0.5) is 22.7 Å². The summed E-state index contributed by atoms with van der Waals surface area (Å²) in [6.07, 6.45) is 1.93. The van der Waals surface area contributed by atoms with Gasteiger partial charge in [-0.05, 0) is 110 Å². The van der Waals surface area contributed by atoms with Gasteiger partial charge in [0.15, 0.2) is 0 Å². The van der Waals surface area contributed by atoms with Gasteiger partial charge in [0, 0.05) is 51.2 Å². The zero-order valence-corrected chi connectivity index (χ0v) is 44.0. The third kappa shape index (κ3) is 8.75. The second kappa shape index (κ2) is 18.0. The molecule has 0 saturated carbocycles. The number of hydrogen-bond acceptors (Lipinski definition) is 4. The molecule has 0 aliphatic carbocycles. The van der Waals surface area contributed by atoms with Crippen LogP contribution in [0, 0.1) is 0 Å². The van der Waals surface area contributed by atoms with Gasteiger partial charge in [-0.25, -0.2) is 4.98 Å². The Morgan fingerprint density at radius 2 is 0.973 bits per heavy atom. The Kier molecular flexibility index (Phi) is 11.7. The van der Waals surface area contributed by atoms with Crippen molar-refractivity contribution in [1.29, 1.82) is 0 Å². The minimum absolute atomic E-state index is 0.0163. The second-order valence-corrected chi connectivity index (χ2v) is 23.0. The molecule has 364 valence electrons. The molecule has 5 heteroatoms. The molecular weight excluding hydrogens is 889 g/mol. The van der Waals surface area contributed by atoms with Gasteiger partial charge in [0.1, 0.15) is 24.0 Å². The number of ether oxygens (including phenoxy) is 1. The van der Waals surface area contributed by atoms with Crippen LogP contribution in [0.3, 0.4) is 0 Å². The van der Waals surface area contributed by atoms with Gasteiger partial charge in [0.25, 0.3) is 0 Å². The summed E-state index contributed by atoms with van der Waals surface area (Å²) < 4.78 is 9.12. The first-order valence-corrected chi connectivity index (χ1v) is 25.8. The maximum atomic E-state index is 6.85. The molecule has 3 heterocycles. The quantitative estimate of drug-likeness (QED) is 0.137. The normalized spacial score (nSPS) is 13.2. The lowest BCUT2D eigenvalue weighted by Gasteiger charge is -2.33. The molecule has 0 amide bonds. The van der Waals surface area contributed by atoms with Crippen LogP contribution in [0.5, 0.6) is 11.5 Å². The Bertz CT molecular complexity index is 3590.